The second kappa shape index (κ2) is 14.8. The lowest BCUT2D eigenvalue weighted by molar-refractivity contribution is -0.146. The molecule has 1 N–H and O–H groups in total. The average molecular weight is 779 g/mol. The summed E-state index contributed by atoms with van der Waals surface area (Å²) in [5.74, 6) is 0.413. The number of hydrogen-bond acceptors (Lipinski definition) is 8. The highest BCUT2D eigenvalue weighted by atomic mass is 35.5. The van der Waals surface area contributed by atoms with Gasteiger partial charge < -0.3 is 19.3 Å². The first-order chi connectivity index (χ1) is 25.9. The van der Waals surface area contributed by atoms with Crippen LogP contribution < -0.4 is 14.4 Å². The zero-order valence-corrected chi connectivity index (χ0v) is 33.5. The Morgan fingerprint density at radius 1 is 1.04 bits per heavy atom. The quantitative estimate of drug-likeness (QED) is 0.381. The molecule has 3 fully saturated rings. The van der Waals surface area contributed by atoms with Gasteiger partial charge >= 0.3 is 0 Å². The number of piperidine rings is 1. The third-order valence-corrected chi connectivity index (χ3v) is 16.0. The first-order valence-corrected chi connectivity index (χ1v) is 21.9. The van der Waals surface area contributed by atoms with Crippen LogP contribution in [-0.2, 0) is 31.4 Å². The van der Waals surface area contributed by atoms with Crippen LogP contribution >= 0.6 is 11.6 Å². The molecule has 7 atom stereocenters. The van der Waals surface area contributed by atoms with Crippen molar-refractivity contribution in [3.63, 3.8) is 0 Å². The lowest BCUT2D eigenvalue weighted by atomic mass is 9.63. The van der Waals surface area contributed by atoms with Crippen LogP contribution in [0.3, 0.4) is 0 Å². The summed E-state index contributed by atoms with van der Waals surface area (Å²) in [5.41, 5.74) is 2.63. The number of carbonyl (C=O) groups excluding carboxylic acids is 2. The number of ether oxygens (including phenoxy) is 2. The third kappa shape index (κ3) is 6.96. The van der Waals surface area contributed by atoms with Crippen molar-refractivity contribution in [3.8, 4) is 5.75 Å². The number of carbonyl (C=O) groups is 2. The number of anilines is 1. The molecule has 0 aromatic heterocycles. The van der Waals surface area contributed by atoms with Crippen molar-refractivity contribution in [1.82, 2.24) is 14.5 Å². The van der Waals surface area contributed by atoms with Gasteiger partial charge in [0.25, 0.3) is 5.91 Å². The molecular formula is C42H55ClN4O6S. The first kappa shape index (κ1) is 37.8. The van der Waals surface area contributed by atoms with E-state index in [1.807, 2.05) is 25.1 Å². The Morgan fingerprint density at radius 3 is 2.69 bits per heavy atom. The molecule has 2 aromatic carbocycles. The van der Waals surface area contributed by atoms with Crippen molar-refractivity contribution in [2.45, 2.75) is 93.9 Å². The fourth-order valence-electron chi connectivity index (χ4n) is 10.4. The smallest absolute Gasteiger partial charge is 0.264 e. The molecule has 292 valence electrons. The van der Waals surface area contributed by atoms with Gasteiger partial charge in [0, 0.05) is 61.9 Å². The molecular weight excluding hydrogens is 724 g/mol. The SMILES string of the molecule is CO[C@@]1(CN2CC(=O)N3CCCC[C@@H]3C2)/C=C\C[C@H](C)[C@@H](C)S(=O)(=O)NC(=O)c2ccc3c(c2)N(C[C@@H]2CC[C@H]21)C[C@@]1(CCCc2cc(Cl)ccc21)CO3. The maximum absolute atomic E-state index is 13.7. The van der Waals surface area contributed by atoms with Gasteiger partial charge in [-0.2, -0.15) is 0 Å². The molecule has 2 saturated heterocycles. The van der Waals surface area contributed by atoms with E-state index < -0.39 is 26.8 Å². The van der Waals surface area contributed by atoms with Gasteiger partial charge in [0.2, 0.25) is 15.9 Å². The molecule has 1 saturated carbocycles. The lowest BCUT2D eigenvalue weighted by Gasteiger charge is -2.53. The highest BCUT2D eigenvalue weighted by molar-refractivity contribution is 7.90. The minimum atomic E-state index is -3.99. The molecule has 8 rings (SSSR count). The number of amides is 2. The van der Waals surface area contributed by atoms with Gasteiger partial charge in [0.15, 0.2) is 0 Å². The van der Waals surface area contributed by atoms with Gasteiger partial charge in [-0.1, -0.05) is 36.7 Å². The monoisotopic (exact) mass is 778 g/mol. The minimum absolute atomic E-state index is 0.162. The van der Waals surface area contributed by atoms with Gasteiger partial charge in [-0.05, 0) is 124 Å². The van der Waals surface area contributed by atoms with Crippen molar-refractivity contribution in [2.24, 2.45) is 17.8 Å². The summed E-state index contributed by atoms with van der Waals surface area (Å²) < 4.78 is 43.0. The Labute approximate surface area is 325 Å². The number of methoxy groups -OCH3 is 1. The van der Waals surface area contributed by atoms with Gasteiger partial charge in [-0.3, -0.25) is 14.5 Å². The summed E-state index contributed by atoms with van der Waals surface area (Å²) in [6, 6.07) is 11.8. The minimum Gasteiger partial charge on any atom is -0.490 e. The molecule has 2 amide bonds. The zero-order valence-electron chi connectivity index (χ0n) is 31.9. The van der Waals surface area contributed by atoms with Crippen LogP contribution in [-0.4, -0.2) is 99.9 Å². The van der Waals surface area contributed by atoms with E-state index in [0.717, 1.165) is 81.7 Å². The lowest BCUT2D eigenvalue weighted by Crippen LogP contribution is -2.63. The number of fused-ring (bicyclic) bond motifs is 5. The Bertz CT molecular complexity index is 1920. The van der Waals surface area contributed by atoms with E-state index >= 15 is 0 Å². The summed E-state index contributed by atoms with van der Waals surface area (Å²) in [5, 5.41) is -0.0828. The van der Waals surface area contributed by atoms with E-state index in [9.17, 15) is 18.0 Å². The van der Waals surface area contributed by atoms with Crippen molar-refractivity contribution >= 4 is 39.1 Å². The topological polar surface area (TPSA) is 108 Å². The van der Waals surface area contributed by atoms with Crippen molar-refractivity contribution in [3.05, 3.63) is 70.3 Å². The van der Waals surface area contributed by atoms with Gasteiger partial charge in [-0.25, -0.2) is 13.1 Å². The normalized spacial score (nSPS) is 34.7. The molecule has 1 spiro atoms. The summed E-state index contributed by atoms with van der Waals surface area (Å²) >= 11 is 6.50. The van der Waals surface area contributed by atoms with Crippen LogP contribution in [0.1, 0.15) is 86.7 Å². The van der Waals surface area contributed by atoms with Crippen LogP contribution in [0, 0.1) is 17.8 Å². The number of halogens is 1. The molecule has 4 aliphatic heterocycles. The molecule has 0 unspecified atom stereocenters. The Morgan fingerprint density at radius 2 is 1.89 bits per heavy atom. The number of allylic oxidation sites excluding steroid dienone is 1. The number of benzene rings is 2. The number of nitrogens with zero attached hydrogens (tertiary/aromatic N) is 3. The van der Waals surface area contributed by atoms with Crippen LogP contribution in [0.15, 0.2) is 48.6 Å². The Hall–Kier alpha value is -3.12. The molecule has 0 radical (unpaired) electrons. The molecule has 6 aliphatic rings. The fraction of sp³-hybridized carbons (Fsp3) is 0.619. The molecule has 12 heteroatoms. The maximum Gasteiger partial charge on any atom is 0.264 e. The number of sulfonamides is 1. The van der Waals surface area contributed by atoms with E-state index in [0.29, 0.717) is 38.4 Å². The summed E-state index contributed by atoms with van der Waals surface area (Å²) in [4.78, 5) is 33.9. The predicted molar refractivity (Wildman–Crippen MR) is 211 cm³/mol. The van der Waals surface area contributed by atoms with E-state index in [1.165, 1.54) is 11.1 Å². The number of aryl methyl sites for hydroxylation is 1. The molecule has 4 heterocycles. The van der Waals surface area contributed by atoms with Crippen molar-refractivity contribution in [2.75, 3.05) is 57.9 Å². The molecule has 2 aliphatic carbocycles. The number of hydrogen-bond donors (Lipinski definition) is 1. The zero-order chi connectivity index (χ0) is 37.8. The van der Waals surface area contributed by atoms with E-state index in [2.05, 4.69) is 43.7 Å². The van der Waals surface area contributed by atoms with Gasteiger partial charge in [0.05, 0.1) is 24.1 Å². The molecule has 54 heavy (non-hydrogen) atoms. The van der Waals surface area contributed by atoms with E-state index in [1.54, 1.807) is 20.1 Å². The summed E-state index contributed by atoms with van der Waals surface area (Å²) in [6.07, 6.45) is 12.9. The number of rotatable bonds is 3. The number of piperazine rings is 1. The summed E-state index contributed by atoms with van der Waals surface area (Å²) in [6.45, 7) is 8.12. The van der Waals surface area contributed by atoms with Gasteiger partial charge in [0.1, 0.15) is 11.4 Å². The molecule has 2 bridgehead atoms. The molecule has 10 nitrogen and oxygen atoms in total. The van der Waals surface area contributed by atoms with Crippen LogP contribution in [0.2, 0.25) is 5.02 Å². The fourth-order valence-corrected chi connectivity index (χ4v) is 11.9. The van der Waals surface area contributed by atoms with E-state index in [-0.39, 0.29) is 40.7 Å². The second-order valence-corrected chi connectivity index (χ2v) is 19.6. The number of nitrogens with one attached hydrogen (secondary N) is 1. The maximum atomic E-state index is 13.7. The first-order valence-electron chi connectivity index (χ1n) is 20.0. The Balaban J connectivity index is 1.19. The van der Waals surface area contributed by atoms with E-state index in [4.69, 9.17) is 21.1 Å². The standard InChI is InChI=1S/C42H55ClN4O6S/c1-28-8-6-18-42(52-3,26-45-23-34-10-4-5-19-47(34)39(48)24-45)36-14-11-32(36)22-46-25-41(17-7-9-30-20-33(43)13-15-35(30)41)27-53-38-16-12-31(21-37(38)46)40(49)44-54(50,51)29(28)2/h6,12-13,15-16,18,20-21,28-29,32,34,36H,4-5,7-11,14,17,19,22-27H2,1-3H3,(H,44,49)/b18-6-/t28-,29+,32-,34+,36+,41-,42+/m0/s1. The highest BCUT2D eigenvalue weighted by Gasteiger charge is 2.51. The molecule has 2 aromatic rings. The van der Waals surface area contributed by atoms with Crippen LogP contribution in [0.5, 0.6) is 5.75 Å². The van der Waals surface area contributed by atoms with Gasteiger partial charge in [-0.15, -0.1) is 0 Å². The highest BCUT2D eigenvalue weighted by Crippen LogP contribution is 2.49. The third-order valence-electron chi connectivity index (χ3n) is 13.9. The summed E-state index contributed by atoms with van der Waals surface area (Å²) in [7, 11) is -2.20. The largest absolute Gasteiger partial charge is 0.490 e. The predicted octanol–water partition coefficient (Wildman–Crippen LogP) is 5.97. The van der Waals surface area contributed by atoms with Crippen molar-refractivity contribution < 1.29 is 27.5 Å². The Kier molecular flexibility index (Phi) is 10.3. The van der Waals surface area contributed by atoms with Crippen LogP contribution in [0.25, 0.3) is 0 Å². The van der Waals surface area contributed by atoms with Crippen molar-refractivity contribution in [1.29, 1.82) is 0 Å². The van der Waals surface area contributed by atoms with Crippen LogP contribution in [0.4, 0.5) is 5.69 Å². The second-order valence-electron chi connectivity index (χ2n) is 17.1. The average Bonchev–Trinajstić information content (AvgIpc) is 3.29.